The van der Waals surface area contributed by atoms with Gasteiger partial charge in [-0.15, -0.1) is 5.10 Å². The normalized spacial score (nSPS) is 10.8. The molecule has 2 aromatic rings. The van der Waals surface area contributed by atoms with Gasteiger partial charge >= 0.3 is 5.97 Å². The smallest absolute Gasteiger partial charge is 0.361 e. The lowest BCUT2D eigenvalue weighted by atomic mass is 10.1. The van der Waals surface area contributed by atoms with Crippen LogP contribution in [0.3, 0.4) is 0 Å². The van der Waals surface area contributed by atoms with Crippen molar-refractivity contribution in [1.82, 2.24) is 15.4 Å². The summed E-state index contributed by atoms with van der Waals surface area (Å²) in [6.07, 6.45) is 0.865. The Kier molecular flexibility index (Phi) is 5.67. The van der Waals surface area contributed by atoms with Gasteiger partial charge in [0.2, 0.25) is 0 Å². The maximum absolute atomic E-state index is 13.8. The summed E-state index contributed by atoms with van der Waals surface area (Å²) in [7, 11) is 0. The number of nitrogens with one attached hydrogen (secondary N) is 1. The lowest BCUT2D eigenvalue weighted by molar-refractivity contribution is 0.0520. The first kappa shape index (κ1) is 16.9. The second-order valence-electron chi connectivity index (χ2n) is 5.45. The molecule has 0 aliphatic heterocycles. The van der Waals surface area contributed by atoms with E-state index in [0.717, 1.165) is 6.42 Å². The third kappa shape index (κ3) is 4.51. The largest absolute Gasteiger partial charge is 0.493 e. The summed E-state index contributed by atoms with van der Waals surface area (Å²) in [5, 5.41) is 10.1. The first-order valence-electron chi connectivity index (χ1n) is 7.53. The Morgan fingerprint density at radius 3 is 2.78 bits per heavy atom. The number of carbonyl (C=O) groups is 1. The zero-order valence-electron chi connectivity index (χ0n) is 13.4. The molecule has 23 heavy (non-hydrogen) atoms. The summed E-state index contributed by atoms with van der Waals surface area (Å²) < 4.78 is 24.3. The van der Waals surface area contributed by atoms with Gasteiger partial charge in [-0.2, -0.15) is 10.3 Å². The van der Waals surface area contributed by atoms with Crippen LogP contribution in [0.4, 0.5) is 4.39 Å². The summed E-state index contributed by atoms with van der Waals surface area (Å²) in [5.41, 5.74) is 0.656. The molecule has 1 aromatic heterocycles. The van der Waals surface area contributed by atoms with Crippen LogP contribution in [0.1, 0.15) is 37.7 Å². The van der Waals surface area contributed by atoms with E-state index in [0.29, 0.717) is 23.8 Å². The van der Waals surface area contributed by atoms with Crippen molar-refractivity contribution < 1.29 is 18.7 Å². The van der Waals surface area contributed by atoms with Crippen LogP contribution in [-0.2, 0) is 4.74 Å². The van der Waals surface area contributed by atoms with Crippen molar-refractivity contribution in [2.45, 2.75) is 27.2 Å². The number of halogens is 1. The van der Waals surface area contributed by atoms with Crippen molar-refractivity contribution in [3.05, 3.63) is 29.7 Å². The molecule has 1 N–H and O–H groups in total. The molecule has 0 fully saturated rings. The average molecular weight is 321 g/mol. The lowest BCUT2D eigenvalue weighted by Crippen LogP contribution is -2.07. The number of esters is 1. The number of hydrogen-bond acceptors (Lipinski definition) is 5. The second kappa shape index (κ2) is 7.71. The van der Waals surface area contributed by atoms with Gasteiger partial charge in [-0.1, -0.05) is 13.8 Å². The third-order valence-electron chi connectivity index (χ3n) is 3.13. The Hall–Kier alpha value is -2.44. The summed E-state index contributed by atoms with van der Waals surface area (Å²) in [6, 6.07) is 4.20. The van der Waals surface area contributed by atoms with E-state index in [-0.39, 0.29) is 18.0 Å². The number of aromatic nitrogens is 3. The van der Waals surface area contributed by atoms with Crippen molar-refractivity contribution in [3.63, 3.8) is 0 Å². The monoisotopic (exact) mass is 321 g/mol. The van der Waals surface area contributed by atoms with Gasteiger partial charge in [-0.3, -0.25) is 0 Å². The van der Waals surface area contributed by atoms with E-state index < -0.39 is 11.8 Å². The van der Waals surface area contributed by atoms with E-state index in [9.17, 15) is 9.18 Å². The highest BCUT2D eigenvalue weighted by atomic mass is 19.1. The molecular weight excluding hydrogens is 301 g/mol. The van der Waals surface area contributed by atoms with Crippen LogP contribution in [0.5, 0.6) is 5.75 Å². The summed E-state index contributed by atoms with van der Waals surface area (Å²) in [5.74, 6) is -0.199. The Labute approximate surface area is 134 Å². The first-order chi connectivity index (χ1) is 11.0. The molecule has 0 amide bonds. The van der Waals surface area contributed by atoms with Gasteiger partial charge in [0.05, 0.1) is 13.2 Å². The minimum Gasteiger partial charge on any atom is -0.493 e. The van der Waals surface area contributed by atoms with Gasteiger partial charge in [0.1, 0.15) is 17.3 Å². The molecule has 0 aliphatic rings. The van der Waals surface area contributed by atoms with E-state index in [1.54, 1.807) is 13.0 Å². The summed E-state index contributed by atoms with van der Waals surface area (Å²) >= 11 is 0. The fourth-order valence-corrected chi connectivity index (χ4v) is 1.97. The predicted octanol–water partition coefficient (Wildman–Crippen LogP) is 3.21. The topological polar surface area (TPSA) is 77.1 Å². The minimum atomic E-state index is -0.609. The number of hydrogen-bond donors (Lipinski definition) is 1. The molecule has 0 saturated carbocycles. The van der Waals surface area contributed by atoms with Gasteiger partial charge < -0.3 is 9.47 Å². The molecule has 0 unspecified atom stereocenters. The summed E-state index contributed by atoms with van der Waals surface area (Å²) in [6.45, 7) is 6.57. The van der Waals surface area contributed by atoms with Crippen molar-refractivity contribution in [2.75, 3.05) is 13.2 Å². The highest BCUT2D eigenvalue weighted by molar-refractivity contribution is 5.93. The number of H-pyrrole nitrogens is 1. The standard InChI is InChI=1S/C16H20FN3O3/c1-4-22-16(21)15-14(18-20-19-15)11-7-12(17)9-13(8-11)23-6-5-10(2)3/h7-10H,4-6H2,1-3H3,(H,18,19,20). The first-order valence-corrected chi connectivity index (χ1v) is 7.53. The zero-order valence-corrected chi connectivity index (χ0v) is 13.4. The molecule has 124 valence electrons. The Morgan fingerprint density at radius 1 is 1.30 bits per heavy atom. The van der Waals surface area contributed by atoms with E-state index in [4.69, 9.17) is 9.47 Å². The Morgan fingerprint density at radius 2 is 2.09 bits per heavy atom. The van der Waals surface area contributed by atoms with Gasteiger partial charge in [-0.25, -0.2) is 9.18 Å². The van der Waals surface area contributed by atoms with E-state index in [1.807, 2.05) is 0 Å². The maximum Gasteiger partial charge on any atom is 0.361 e. The minimum absolute atomic E-state index is 0.0191. The molecular formula is C16H20FN3O3. The lowest BCUT2D eigenvalue weighted by Gasteiger charge is -2.09. The number of aromatic amines is 1. The second-order valence-corrected chi connectivity index (χ2v) is 5.45. The molecule has 0 atom stereocenters. The number of carbonyl (C=O) groups excluding carboxylic acids is 1. The highest BCUT2D eigenvalue weighted by Crippen LogP contribution is 2.26. The molecule has 7 heteroatoms. The quantitative estimate of drug-likeness (QED) is 0.792. The molecule has 0 spiro atoms. The molecule has 0 saturated heterocycles. The van der Waals surface area contributed by atoms with Crippen LogP contribution in [-0.4, -0.2) is 34.6 Å². The number of nitrogens with zero attached hydrogens (tertiary/aromatic N) is 2. The SMILES string of the molecule is CCOC(=O)c1n[nH]nc1-c1cc(F)cc(OCCC(C)C)c1. The van der Waals surface area contributed by atoms with Crippen LogP contribution in [0, 0.1) is 11.7 Å². The summed E-state index contributed by atoms with van der Waals surface area (Å²) in [4.78, 5) is 11.8. The third-order valence-corrected chi connectivity index (χ3v) is 3.13. The maximum atomic E-state index is 13.8. The number of ether oxygens (including phenoxy) is 2. The van der Waals surface area contributed by atoms with Crippen LogP contribution in [0.25, 0.3) is 11.3 Å². The molecule has 0 aliphatic carbocycles. The Balaban J connectivity index is 2.25. The fraction of sp³-hybridized carbons (Fsp3) is 0.438. The molecule has 6 nitrogen and oxygen atoms in total. The van der Waals surface area contributed by atoms with Crippen LogP contribution >= 0.6 is 0 Å². The average Bonchev–Trinajstić information content (AvgIpc) is 2.96. The molecule has 0 bridgehead atoms. The van der Waals surface area contributed by atoms with Crippen molar-refractivity contribution in [1.29, 1.82) is 0 Å². The molecule has 0 radical (unpaired) electrons. The van der Waals surface area contributed by atoms with Gasteiger partial charge in [0, 0.05) is 11.6 Å². The van der Waals surface area contributed by atoms with Crippen molar-refractivity contribution in [2.24, 2.45) is 5.92 Å². The molecule has 1 aromatic carbocycles. The highest BCUT2D eigenvalue weighted by Gasteiger charge is 2.20. The number of rotatable bonds is 7. The molecule has 1 heterocycles. The van der Waals surface area contributed by atoms with Crippen LogP contribution in [0.15, 0.2) is 18.2 Å². The van der Waals surface area contributed by atoms with E-state index >= 15 is 0 Å². The van der Waals surface area contributed by atoms with Gasteiger partial charge in [-0.05, 0) is 31.4 Å². The van der Waals surface area contributed by atoms with Gasteiger partial charge in [0.25, 0.3) is 0 Å². The van der Waals surface area contributed by atoms with Crippen LogP contribution < -0.4 is 4.74 Å². The zero-order chi connectivity index (χ0) is 16.8. The van der Waals surface area contributed by atoms with Crippen molar-refractivity contribution >= 4 is 5.97 Å². The van der Waals surface area contributed by atoms with E-state index in [2.05, 4.69) is 29.3 Å². The molecule has 2 rings (SSSR count). The fourth-order valence-electron chi connectivity index (χ4n) is 1.97. The number of benzene rings is 1. The van der Waals surface area contributed by atoms with E-state index in [1.165, 1.54) is 12.1 Å². The predicted molar refractivity (Wildman–Crippen MR) is 82.7 cm³/mol. The van der Waals surface area contributed by atoms with Crippen molar-refractivity contribution in [3.8, 4) is 17.0 Å². The van der Waals surface area contributed by atoms with Crippen LogP contribution in [0.2, 0.25) is 0 Å². The Bertz CT molecular complexity index is 670. The van der Waals surface area contributed by atoms with Gasteiger partial charge in [0.15, 0.2) is 5.69 Å².